The topological polar surface area (TPSA) is 55.1 Å². The van der Waals surface area contributed by atoms with Gasteiger partial charge in [-0.1, -0.05) is 36.4 Å². The van der Waals surface area contributed by atoms with Crippen molar-refractivity contribution in [3.8, 4) is 16.9 Å². The predicted molar refractivity (Wildman–Crippen MR) is 155 cm³/mol. The Hall–Kier alpha value is -3.82. The third-order valence-corrected chi connectivity index (χ3v) is 9.56. The van der Waals surface area contributed by atoms with Gasteiger partial charge >= 0.3 is 0 Å². The lowest BCUT2D eigenvalue weighted by atomic mass is 9.93. The molecule has 3 aromatic carbocycles. The highest BCUT2D eigenvalue weighted by Gasteiger charge is 2.35. The third-order valence-electron chi connectivity index (χ3n) is 7.40. The number of nitrogens with one attached hydrogen (secondary N) is 1. The van der Waals surface area contributed by atoms with Gasteiger partial charge in [-0.3, -0.25) is 9.36 Å². The van der Waals surface area contributed by atoms with Crippen molar-refractivity contribution in [2.45, 2.75) is 24.4 Å². The molecular formula is C31H23F3N2O2S2. The molecule has 0 fully saturated rings. The predicted octanol–water partition coefficient (Wildman–Crippen LogP) is 7.77. The minimum Gasteiger partial charge on any atom is -0.494 e. The summed E-state index contributed by atoms with van der Waals surface area (Å²) in [5, 5.41) is 12.5. The molecular weight excluding hydrogens is 553 g/mol. The van der Waals surface area contributed by atoms with Crippen molar-refractivity contribution >= 4 is 38.9 Å². The summed E-state index contributed by atoms with van der Waals surface area (Å²) in [6.07, 6.45) is -0.132. The van der Waals surface area contributed by atoms with Gasteiger partial charge in [-0.05, 0) is 42.3 Å². The van der Waals surface area contributed by atoms with Crippen LogP contribution in [0.1, 0.15) is 28.3 Å². The van der Waals surface area contributed by atoms with E-state index in [9.17, 15) is 13.6 Å². The zero-order valence-corrected chi connectivity index (χ0v) is 23.2. The van der Waals surface area contributed by atoms with Crippen molar-refractivity contribution < 1.29 is 17.9 Å². The van der Waals surface area contributed by atoms with Crippen LogP contribution in [0.2, 0.25) is 0 Å². The highest BCUT2D eigenvalue weighted by Crippen LogP contribution is 2.42. The standard InChI is InChI=1S/C31H23F3N2O2S2/c1-16-19(13-20-22(32)9-6-10-23(20)33)31-36(30(37)27(16)18-8-5-11-25(38-2)28(18)34)24(15-40-31)29(35)21-14-39-26-12-4-3-7-17(21)26/h3-12,14,24,35H,13,15H2,1-2H3. The van der Waals surface area contributed by atoms with Gasteiger partial charge in [0, 0.05) is 44.3 Å². The van der Waals surface area contributed by atoms with E-state index in [2.05, 4.69) is 0 Å². The van der Waals surface area contributed by atoms with Gasteiger partial charge in [-0.25, -0.2) is 13.2 Å². The number of benzene rings is 3. The smallest absolute Gasteiger partial charge is 0.260 e. The van der Waals surface area contributed by atoms with Crippen LogP contribution < -0.4 is 10.3 Å². The molecule has 1 aliphatic heterocycles. The molecule has 40 heavy (non-hydrogen) atoms. The van der Waals surface area contributed by atoms with Crippen LogP contribution in [-0.4, -0.2) is 23.1 Å². The van der Waals surface area contributed by atoms with Crippen molar-refractivity contribution in [2.75, 3.05) is 12.9 Å². The second-order valence-electron chi connectivity index (χ2n) is 9.54. The molecule has 1 atom stereocenters. The van der Waals surface area contributed by atoms with Crippen LogP contribution in [0.15, 0.2) is 75.9 Å². The fraction of sp³-hybridized carbons (Fsp3) is 0.161. The molecule has 202 valence electrons. The number of halogens is 3. The lowest BCUT2D eigenvalue weighted by Crippen LogP contribution is -2.31. The van der Waals surface area contributed by atoms with Crippen LogP contribution in [0.5, 0.6) is 5.75 Å². The number of rotatable bonds is 6. The second-order valence-corrected chi connectivity index (χ2v) is 11.5. The Bertz CT molecular complexity index is 1860. The zero-order chi connectivity index (χ0) is 28.1. The van der Waals surface area contributed by atoms with Crippen LogP contribution >= 0.6 is 23.1 Å². The van der Waals surface area contributed by atoms with E-state index in [4.69, 9.17) is 10.1 Å². The van der Waals surface area contributed by atoms with E-state index in [1.54, 1.807) is 13.0 Å². The molecule has 1 unspecified atom stereocenters. The van der Waals surface area contributed by atoms with Crippen LogP contribution in [0.25, 0.3) is 21.2 Å². The van der Waals surface area contributed by atoms with Crippen LogP contribution in [0.4, 0.5) is 13.2 Å². The van der Waals surface area contributed by atoms with Gasteiger partial charge in [0.2, 0.25) is 0 Å². The van der Waals surface area contributed by atoms with Gasteiger partial charge in [0.1, 0.15) is 11.6 Å². The maximum atomic E-state index is 15.6. The van der Waals surface area contributed by atoms with Crippen molar-refractivity contribution in [1.29, 1.82) is 5.41 Å². The lowest BCUT2D eigenvalue weighted by Gasteiger charge is -2.21. The molecule has 6 rings (SSSR count). The maximum Gasteiger partial charge on any atom is 0.260 e. The maximum absolute atomic E-state index is 15.6. The molecule has 4 nitrogen and oxygen atoms in total. The molecule has 3 heterocycles. The fourth-order valence-electron chi connectivity index (χ4n) is 5.35. The number of pyridine rings is 1. The van der Waals surface area contributed by atoms with Gasteiger partial charge in [-0.2, -0.15) is 0 Å². The molecule has 0 radical (unpaired) electrons. The number of hydrogen-bond donors (Lipinski definition) is 1. The third kappa shape index (κ3) is 4.15. The summed E-state index contributed by atoms with van der Waals surface area (Å²) in [4.78, 5) is 14.2. The summed E-state index contributed by atoms with van der Waals surface area (Å²) in [5.74, 6) is -1.73. The Balaban J connectivity index is 1.60. The molecule has 2 aromatic heterocycles. The fourth-order valence-corrected chi connectivity index (χ4v) is 7.69. The van der Waals surface area contributed by atoms with Crippen LogP contribution in [0, 0.1) is 29.8 Å². The Labute approximate surface area is 236 Å². The summed E-state index contributed by atoms with van der Waals surface area (Å²) < 4.78 is 52.9. The van der Waals surface area contributed by atoms with Crippen LogP contribution in [0.3, 0.4) is 0 Å². The SMILES string of the molecule is COc1cccc(-c2c(C)c(Cc3c(F)cccc3F)c3n(c2=O)C(C(=N)c2csc4ccccc24)CS3)c1F. The quantitative estimate of drug-likeness (QED) is 0.210. The van der Waals surface area contributed by atoms with Crippen molar-refractivity contribution in [3.05, 3.63) is 116 Å². The second kappa shape index (κ2) is 10.3. The molecule has 0 saturated heterocycles. The van der Waals surface area contributed by atoms with Gasteiger partial charge in [0.25, 0.3) is 5.56 Å². The number of ether oxygens (including phenoxy) is 1. The molecule has 0 bridgehead atoms. The highest BCUT2D eigenvalue weighted by molar-refractivity contribution is 7.99. The van der Waals surface area contributed by atoms with Gasteiger partial charge in [0.05, 0.1) is 29.5 Å². The van der Waals surface area contributed by atoms with E-state index in [-0.39, 0.29) is 34.6 Å². The monoisotopic (exact) mass is 576 g/mol. The van der Waals surface area contributed by atoms with E-state index in [1.807, 2.05) is 29.6 Å². The largest absolute Gasteiger partial charge is 0.494 e. The zero-order valence-electron chi connectivity index (χ0n) is 21.6. The minimum atomic E-state index is -0.699. The van der Waals surface area contributed by atoms with Gasteiger partial charge in [0.15, 0.2) is 11.6 Å². The van der Waals surface area contributed by atoms with Gasteiger partial charge < -0.3 is 10.1 Å². The van der Waals surface area contributed by atoms with Crippen molar-refractivity contribution in [2.24, 2.45) is 0 Å². The summed E-state index contributed by atoms with van der Waals surface area (Å²) >= 11 is 2.89. The number of methoxy groups -OCH3 is 1. The normalized spacial score (nSPS) is 14.5. The Morgan fingerprint density at radius 1 is 1.02 bits per heavy atom. The number of fused-ring (bicyclic) bond motifs is 2. The molecule has 1 N–H and O–H groups in total. The molecule has 0 aliphatic carbocycles. The number of aromatic nitrogens is 1. The molecule has 0 spiro atoms. The Kier molecular flexibility index (Phi) is 6.80. The summed E-state index contributed by atoms with van der Waals surface area (Å²) in [5.41, 5.74) is 1.47. The first-order valence-corrected chi connectivity index (χ1v) is 14.4. The number of nitrogens with zero attached hydrogens (tertiary/aromatic N) is 1. The first-order chi connectivity index (χ1) is 19.3. The number of thioether (sulfide) groups is 1. The first kappa shape index (κ1) is 26.4. The van der Waals surface area contributed by atoms with E-state index in [0.717, 1.165) is 15.6 Å². The Morgan fingerprint density at radius 2 is 1.75 bits per heavy atom. The summed E-state index contributed by atoms with van der Waals surface area (Å²) in [7, 11) is 1.34. The van der Waals surface area contributed by atoms with Crippen molar-refractivity contribution in [1.82, 2.24) is 4.57 Å². The lowest BCUT2D eigenvalue weighted by molar-refractivity contribution is 0.387. The molecule has 5 aromatic rings. The van der Waals surface area contributed by atoms with E-state index < -0.39 is 29.1 Å². The molecule has 1 aliphatic rings. The van der Waals surface area contributed by atoms with Gasteiger partial charge in [-0.15, -0.1) is 23.1 Å². The molecule has 0 saturated carbocycles. The van der Waals surface area contributed by atoms with Crippen molar-refractivity contribution in [3.63, 3.8) is 0 Å². The molecule has 0 amide bonds. The summed E-state index contributed by atoms with van der Waals surface area (Å²) in [6.45, 7) is 1.68. The number of hydrogen-bond acceptors (Lipinski definition) is 5. The average molecular weight is 577 g/mol. The van der Waals surface area contributed by atoms with E-state index in [0.29, 0.717) is 21.9 Å². The Morgan fingerprint density at radius 3 is 2.50 bits per heavy atom. The van der Waals surface area contributed by atoms with E-state index in [1.165, 1.54) is 65.1 Å². The summed E-state index contributed by atoms with van der Waals surface area (Å²) in [6, 6.07) is 15.4. The van der Waals surface area contributed by atoms with E-state index >= 15 is 4.39 Å². The first-order valence-electron chi connectivity index (χ1n) is 12.5. The van der Waals surface area contributed by atoms with Crippen LogP contribution in [-0.2, 0) is 6.42 Å². The average Bonchev–Trinajstić information content (AvgIpc) is 3.58. The molecule has 9 heteroatoms. The minimum absolute atomic E-state index is 0.0214. The number of thiophene rings is 1. The highest BCUT2D eigenvalue weighted by atomic mass is 32.2.